The quantitative estimate of drug-likeness (QED) is 0.585. The van der Waals surface area contributed by atoms with Crippen molar-refractivity contribution in [3.05, 3.63) is 62.6 Å². The Hall–Kier alpha value is -1.75. The SMILES string of the molecule is CC(=NNc1ccc(Cl)c(C(=O)O)c1)c1ccc(Cl)cc1Cl. The number of carboxylic acid groups (broad SMARTS) is 1. The van der Waals surface area contributed by atoms with E-state index in [-0.39, 0.29) is 10.6 Å². The smallest absolute Gasteiger partial charge is 0.337 e. The van der Waals surface area contributed by atoms with Crippen molar-refractivity contribution in [3.63, 3.8) is 0 Å². The summed E-state index contributed by atoms with van der Waals surface area (Å²) in [6.07, 6.45) is 0. The fraction of sp³-hybridized carbons (Fsp3) is 0.0667. The Morgan fingerprint density at radius 3 is 2.41 bits per heavy atom. The highest BCUT2D eigenvalue weighted by Gasteiger charge is 2.09. The Labute approximate surface area is 142 Å². The Balaban J connectivity index is 2.24. The summed E-state index contributed by atoms with van der Waals surface area (Å²) < 4.78 is 0. The van der Waals surface area contributed by atoms with E-state index < -0.39 is 5.97 Å². The van der Waals surface area contributed by atoms with Crippen LogP contribution in [-0.4, -0.2) is 16.8 Å². The van der Waals surface area contributed by atoms with Crippen LogP contribution in [0.4, 0.5) is 5.69 Å². The zero-order valence-corrected chi connectivity index (χ0v) is 13.7. The molecule has 2 rings (SSSR count). The van der Waals surface area contributed by atoms with Crippen LogP contribution in [0, 0.1) is 0 Å². The molecule has 0 aliphatic heterocycles. The van der Waals surface area contributed by atoms with Gasteiger partial charge in [0.25, 0.3) is 0 Å². The molecule has 0 atom stereocenters. The Morgan fingerprint density at radius 1 is 1.05 bits per heavy atom. The Kier molecular flexibility index (Phi) is 5.29. The lowest BCUT2D eigenvalue weighted by molar-refractivity contribution is 0.0697. The number of hydrazone groups is 1. The molecule has 0 heterocycles. The second-order valence-electron chi connectivity index (χ2n) is 4.43. The summed E-state index contributed by atoms with van der Waals surface area (Å²) in [7, 11) is 0. The number of carboxylic acids is 1. The van der Waals surface area contributed by atoms with Crippen LogP contribution in [0.2, 0.25) is 15.1 Å². The molecule has 114 valence electrons. The maximum absolute atomic E-state index is 11.0. The summed E-state index contributed by atoms with van der Waals surface area (Å²) in [5.74, 6) is -1.10. The molecule has 0 aromatic heterocycles. The highest BCUT2D eigenvalue weighted by Crippen LogP contribution is 2.23. The predicted octanol–water partition coefficient (Wildman–Crippen LogP) is 5.18. The average molecular weight is 358 g/mol. The summed E-state index contributed by atoms with van der Waals surface area (Å²) in [6, 6.07) is 9.64. The molecule has 2 aromatic carbocycles. The molecule has 0 fully saturated rings. The van der Waals surface area contributed by atoms with Crippen molar-refractivity contribution in [1.29, 1.82) is 0 Å². The van der Waals surface area contributed by atoms with Crippen LogP contribution < -0.4 is 5.43 Å². The van der Waals surface area contributed by atoms with Crippen molar-refractivity contribution < 1.29 is 9.90 Å². The van der Waals surface area contributed by atoms with Gasteiger partial charge < -0.3 is 5.11 Å². The van der Waals surface area contributed by atoms with Crippen LogP contribution in [-0.2, 0) is 0 Å². The maximum atomic E-state index is 11.0. The minimum atomic E-state index is -1.10. The first-order chi connectivity index (χ1) is 10.4. The van der Waals surface area contributed by atoms with Crippen molar-refractivity contribution in [2.24, 2.45) is 5.10 Å². The van der Waals surface area contributed by atoms with Crippen LogP contribution in [0.3, 0.4) is 0 Å². The summed E-state index contributed by atoms with van der Waals surface area (Å²) in [6.45, 7) is 1.77. The molecule has 0 bridgehead atoms. The van der Waals surface area contributed by atoms with Gasteiger partial charge in [0.2, 0.25) is 0 Å². The number of halogens is 3. The van der Waals surface area contributed by atoms with Crippen molar-refractivity contribution in [2.75, 3.05) is 5.43 Å². The minimum absolute atomic E-state index is 0.00375. The lowest BCUT2D eigenvalue weighted by Crippen LogP contribution is -2.02. The van der Waals surface area contributed by atoms with Gasteiger partial charge in [-0.25, -0.2) is 4.79 Å². The Bertz CT molecular complexity index is 760. The van der Waals surface area contributed by atoms with E-state index in [4.69, 9.17) is 39.9 Å². The number of benzene rings is 2. The van der Waals surface area contributed by atoms with E-state index in [2.05, 4.69) is 10.5 Å². The van der Waals surface area contributed by atoms with E-state index >= 15 is 0 Å². The van der Waals surface area contributed by atoms with E-state index in [1.807, 2.05) is 0 Å². The number of nitrogens with one attached hydrogen (secondary N) is 1. The molecular weight excluding hydrogens is 347 g/mol. The number of anilines is 1. The van der Waals surface area contributed by atoms with E-state index in [0.717, 1.165) is 5.56 Å². The van der Waals surface area contributed by atoms with Gasteiger partial charge in [-0.2, -0.15) is 5.10 Å². The van der Waals surface area contributed by atoms with Gasteiger partial charge in [0.1, 0.15) is 0 Å². The number of rotatable bonds is 4. The highest BCUT2D eigenvalue weighted by molar-refractivity contribution is 6.37. The zero-order valence-electron chi connectivity index (χ0n) is 11.4. The first kappa shape index (κ1) is 16.6. The summed E-state index contributed by atoms with van der Waals surface area (Å²) in [5, 5.41) is 14.4. The average Bonchev–Trinajstić information content (AvgIpc) is 2.45. The van der Waals surface area contributed by atoms with Gasteiger partial charge in [-0.15, -0.1) is 0 Å². The molecule has 7 heteroatoms. The highest BCUT2D eigenvalue weighted by atomic mass is 35.5. The molecular formula is C15H11Cl3N2O2. The molecule has 0 aliphatic carbocycles. The molecule has 0 spiro atoms. The normalized spacial score (nSPS) is 11.4. The number of hydrogen-bond donors (Lipinski definition) is 2. The number of hydrogen-bond acceptors (Lipinski definition) is 3. The van der Waals surface area contributed by atoms with Gasteiger partial charge in [-0.1, -0.05) is 40.9 Å². The van der Waals surface area contributed by atoms with E-state index in [1.165, 1.54) is 12.1 Å². The fourth-order valence-corrected chi connectivity index (χ4v) is 2.49. The van der Waals surface area contributed by atoms with Gasteiger partial charge in [0.15, 0.2) is 0 Å². The fourth-order valence-electron chi connectivity index (χ4n) is 1.75. The van der Waals surface area contributed by atoms with Crippen molar-refractivity contribution in [1.82, 2.24) is 0 Å². The second kappa shape index (κ2) is 7.01. The molecule has 0 amide bonds. The van der Waals surface area contributed by atoms with Crippen LogP contribution in [0.5, 0.6) is 0 Å². The third kappa shape index (κ3) is 3.91. The van der Waals surface area contributed by atoms with E-state index in [1.54, 1.807) is 31.2 Å². The standard InChI is InChI=1S/C15H11Cl3N2O2/c1-8(11-4-2-9(16)6-14(11)18)19-20-10-3-5-13(17)12(7-10)15(21)22/h2-7,20H,1H3,(H,21,22). The van der Waals surface area contributed by atoms with Crippen LogP contribution in [0.25, 0.3) is 0 Å². The number of nitrogens with zero attached hydrogens (tertiary/aromatic N) is 1. The third-order valence-corrected chi connectivity index (χ3v) is 3.75. The molecule has 2 N–H and O–H groups in total. The van der Waals surface area contributed by atoms with Crippen LogP contribution in [0.1, 0.15) is 22.8 Å². The van der Waals surface area contributed by atoms with Crippen LogP contribution in [0.15, 0.2) is 41.5 Å². The lowest BCUT2D eigenvalue weighted by Gasteiger charge is -2.07. The molecule has 0 saturated heterocycles. The lowest BCUT2D eigenvalue weighted by atomic mass is 10.1. The van der Waals surface area contributed by atoms with Gasteiger partial charge in [0.05, 0.1) is 27.0 Å². The summed E-state index contributed by atoms with van der Waals surface area (Å²) in [5.41, 5.74) is 4.65. The number of aromatic carboxylic acids is 1. The first-order valence-electron chi connectivity index (χ1n) is 6.17. The zero-order chi connectivity index (χ0) is 16.3. The predicted molar refractivity (Wildman–Crippen MR) is 90.7 cm³/mol. The van der Waals surface area contributed by atoms with Crippen molar-refractivity contribution in [3.8, 4) is 0 Å². The third-order valence-electron chi connectivity index (χ3n) is 2.87. The van der Waals surface area contributed by atoms with Gasteiger partial charge in [-0.3, -0.25) is 5.43 Å². The van der Waals surface area contributed by atoms with Crippen LogP contribution >= 0.6 is 34.8 Å². The molecule has 22 heavy (non-hydrogen) atoms. The molecule has 2 aromatic rings. The summed E-state index contributed by atoms with van der Waals surface area (Å²) >= 11 is 17.8. The monoisotopic (exact) mass is 356 g/mol. The van der Waals surface area contributed by atoms with Gasteiger partial charge >= 0.3 is 5.97 Å². The maximum Gasteiger partial charge on any atom is 0.337 e. The molecule has 4 nitrogen and oxygen atoms in total. The molecule has 0 radical (unpaired) electrons. The topological polar surface area (TPSA) is 61.7 Å². The first-order valence-corrected chi connectivity index (χ1v) is 7.30. The Morgan fingerprint density at radius 2 is 1.77 bits per heavy atom. The number of carbonyl (C=O) groups is 1. The molecule has 0 aliphatic rings. The largest absolute Gasteiger partial charge is 0.478 e. The summed E-state index contributed by atoms with van der Waals surface area (Å²) in [4.78, 5) is 11.0. The van der Waals surface area contributed by atoms with E-state index in [0.29, 0.717) is 21.4 Å². The van der Waals surface area contributed by atoms with Gasteiger partial charge in [-0.05, 0) is 37.3 Å². The van der Waals surface area contributed by atoms with Crippen molar-refractivity contribution in [2.45, 2.75) is 6.92 Å². The second-order valence-corrected chi connectivity index (χ2v) is 5.68. The van der Waals surface area contributed by atoms with Gasteiger partial charge in [0, 0.05) is 10.6 Å². The minimum Gasteiger partial charge on any atom is -0.478 e. The van der Waals surface area contributed by atoms with Crippen molar-refractivity contribution >= 4 is 52.2 Å². The molecule has 0 unspecified atom stereocenters. The molecule has 0 saturated carbocycles. The van der Waals surface area contributed by atoms with E-state index in [9.17, 15) is 4.79 Å².